The number of carbonyl (C=O) groups excluding carboxylic acids is 1. The van der Waals surface area contributed by atoms with Crippen LogP contribution in [0.25, 0.3) is 0 Å². The van der Waals surface area contributed by atoms with Crippen molar-refractivity contribution in [3.63, 3.8) is 0 Å². The van der Waals surface area contributed by atoms with Crippen LogP contribution in [-0.4, -0.2) is 54.0 Å². The van der Waals surface area contributed by atoms with E-state index in [0.29, 0.717) is 32.8 Å². The van der Waals surface area contributed by atoms with E-state index < -0.39 is 5.60 Å². The van der Waals surface area contributed by atoms with Crippen LogP contribution in [0.5, 0.6) is 5.75 Å². The van der Waals surface area contributed by atoms with Crippen LogP contribution in [0.1, 0.15) is 26.3 Å². The lowest BCUT2D eigenvalue weighted by Crippen LogP contribution is -2.54. The van der Waals surface area contributed by atoms with Crippen LogP contribution in [0, 0.1) is 0 Å². The van der Waals surface area contributed by atoms with Gasteiger partial charge in [0.15, 0.2) is 0 Å². The molecule has 0 spiro atoms. The average Bonchev–Trinajstić information content (AvgIpc) is 2.48. The first-order valence-electron chi connectivity index (χ1n) is 7.92. The number of hydrogen-bond donors (Lipinski definition) is 2. The lowest BCUT2D eigenvalue weighted by atomic mass is 10.2. The Hall–Kier alpha value is -1.79. The highest BCUT2D eigenvalue weighted by Crippen LogP contribution is 2.16. The smallest absolute Gasteiger partial charge is 0.410 e. The summed E-state index contributed by atoms with van der Waals surface area (Å²) in [7, 11) is 0. The van der Waals surface area contributed by atoms with Crippen LogP contribution in [0.4, 0.5) is 4.79 Å². The number of phenols is 1. The fraction of sp³-hybridized carbons (Fsp3) is 0.588. The number of nitrogens with one attached hydrogen (secondary N) is 1. The van der Waals surface area contributed by atoms with E-state index >= 15 is 0 Å². The number of phenolic OH excluding ortho intramolecular Hbond substituents is 1. The normalized spacial score (nSPS) is 18.7. The molecule has 0 aromatic heterocycles. The standard InChI is InChI=1S/C17H26N2O4/c1-17(2,3)23-16(21)19-8-9-22-12-14(19)11-18-10-13-6-4-5-7-15(13)20/h4-7,14,18,20H,8-12H2,1-3H3. The molecule has 1 aromatic carbocycles. The zero-order valence-electron chi connectivity index (χ0n) is 14.0. The summed E-state index contributed by atoms with van der Waals surface area (Å²) in [6.45, 7) is 8.21. The molecule has 2 N–H and O–H groups in total. The SMILES string of the molecule is CC(C)(C)OC(=O)N1CCOCC1CNCc1ccccc1O. The van der Waals surface area contributed by atoms with E-state index in [1.165, 1.54) is 0 Å². The van der Waals surface area contributed by atoms with Crippen molar-refractivity contribution >= 4 is 6.09 Å². The Morgan fingerprint density at radius 1 is 1.43 bits per heavy atom. The number of aromatic hydroxyl groups is 1. The second kappa shape index (κ2) is 7.66. The van der Waals surface area contributed by atoms with Crippen molar-refractivity contribution in [1.29, 1.82) is 0 Å². The maximum absolute atomic E-state index is 12.3. The Morgan fingerprint density at radius 3 is 2.87 bits per heavy atom. The van der Waals surface area contributed by atoms with Gasteiger partial charge in [0.1, 0.15) is 11.4 Å². The molecule has 1 aliphatic heterocycles. The number of ether oxygens (including phenoxy) is 2. The van der Waals surface area contributed by atoms with E-state index in [1.54, 1.807) is 17.0 Å². The molecule has 6 nitrogen and oxygen atoms in total. The highest BCUT2D eigenvalue weighted by molar-refractivity contribution is 5.68. The summed E-state index contributed by atoms with van der Waals surface area (Å²) >= 11 is 0. The van der Waals surface area contributed by atoms with Gasteiger partial charge < -0.3 is 19.9 Å². The molecule has 128 valence electrons. The molecule has 1 fully saturated rings. The molecule has 1 aromatic rings. The predicted octanol–water partition coefficient (Wildman–Crippen LogP) is 2.12. The van der Waals surface area contributed by atoms with Gasteiger partial charge in [0.25, 0.3) is 0 Å². The molecule has 1 unspecified atom stereocenters. The van der Waals surface area contributed by atoms with Gasteiger partial charge in [-0.2, -0.15) is 0 Å². The van der Waals surface area contributed by atoms with E-state index in [2.05, 4.69) is 5.32 Å². The topological polar surface area (TPSA) is 71.0 Å². The van der Waals surface area contributed by atoms with Crippen molar-refractivity contribution in [3.05, 3.63) is 29.8 Å². The second-order valence-electron chi connectivity index (χ2n) is 6.66. The lowest BCUT2D eigenvalue weighted by Gasteiger charge is -2.36. The van der Waals surface area contributed by atoms with Crippen LogP contribution >= 0.6 is 0 Å². The van der Waals surface area contributed by atoms with E-state index in [4.69, 9.17) is 9.47 Å². The van der Waals surface area contributed by atoms with Gasteiger partial charge in [-0.05, 0) is 26.8 Å². The Labute approximate surface area is 137 Å². The van der Waals surface area contributed by atoms with Gasteiger partial charge >= 0.3 is 6.09 Å². The summed E-state index contributed by atoms with van der Waals surface area (Å²) in [5.41, 5.74) is 0.316. The molecule has 1 aliphatic rings. The van der Waals surface area contributed by atoms with E-state index in [1.807, 2.05) is 32.9 Å². The van der Waals surface area contributed by atoms with Gasteiger partial charge in [-0.1, -0.05) is 18.2 Å². The number of rotatable bonds is 4. The van der Waals surface area contributed by atoms with Crippen LogP contribution in [0.2, 0.25) is 0 Å². The number of morpholine rings is 1. The van der Waals surface area contributed by atoms with Crippen LogP contribution in [0.15, 0.2) is 24.3 Å². The quantitative estimate of drug-likeness (QED) is 0.888. The number of benzene rings is 1. The fourth-order valence-electron chi connectivity index (χ4n) is 2.42. The molecule has 23 heavy (non-hydrogen) atoms. The highest BCUT2D eigenvalue weighted by atomic mass is 16.6. The number of hydrogen-bond acceptors (Lipinski definition) is 5. The molecule has 1 amide bonds. The third-order valence-electron chi connectivity index (χ3n) is 3.54. The zero-order valence-corrected chi connectivity index (χ0v) is 14.0. The van der Waals surface area contributed by atoms with E-state index in [-0.39, 0.29) is 17.9 Å². The highest BCUT2D eigenvalue weighted by Gasteiger charge is 2.30. The molecular weight excluding hydrogens is 296 g/mol. The minimum Gasteiger partial charge on any atom is -0.508 e. The summed E-state index contributed by atoms with van der Waals surface area (Å²) in [4.78, 5) is 14.0. The maximum atomic E-state index is 12.3. The average molecular weight is 322 g/mol. The molecule has 0 saturated carbocycles. The molecule has 2 rings (SSSR count). The summed E-state index contributed by atoms with van der Waals surface area (Å²) in [6, 6.07) is 7.12. The molecule has 0 bridgehead atoms. The van der Waals surface area contributed by atoms with Gasteiger partial charge in [0, 0.05) is 25.2 Å². The van der Waals surface area contributed by atoms with Gasteiger partial charge in [-0.3, -0.25) is 4.90 Å². The predicted molar refractivity (Wildman–Crippen MR) is 87.4 cm³/mol. The van der Waals surface area contributed by atoms with Crippen LogP contribution in [-0.2, 0) is 16.0 Å². The van der Waals surface area contributed by atoms with Crippen molar-refractivity contribution in [3.8, 4) is 5.75 Å². The van der Waals surface area contributed by atoms with Gasteiger partial charge in [0.05, 0.1) is 19.3 Å². The molecule has 1 heterocycles. The van der Waals surface area contributed by atoms with Gasteiger partial charge in [-0.15, -0.1) is 0 Å². The van der Waals surface area contributed by atoms with Gasteiger partial charge in [-0.25, -0.2) is 4.79 Å². The van der Waals surface area contributed by atoms with Crippen molar-refractivity contribution in [1.82, 2.24) is 10.2 Å². The first-order chi connectivity index (χ1) is 10.9. The summed E-state index contributed by atoms with van der Waals surface area (Å²) < 4.78 is 10.9. The number of amides is 1. The minimum absolute atomic E-state index is 0.0792. The number of nitrogens with zero attached hydrogens (tertiary/aromatic N) is 1. The largest absolute Gasteiger partial charge is 0.508 e. The molecule has 1 saturated heterocycles. The van der Waals surface area contributed by atoms with Crippen molar-refractivity contribution in [2.75, 3.05) is 26.3 Å². The molecule has 0 aliphatic carbocycles. The first-order valence-corrected chi connectivity index (χ1v) is 7.92. The van der Waals surface area contributed by atoms with E-state index in [9.17, 15) is 9.90 Å². The van der Waals surface area contributed by atoms with E-state index in [0.717, 1.165) is 5.56 Å². The molecule has 0 radical (unpaired) electrons. The van der Waals surface area contributed by atoms with Crippen molar-refractivity contribution in [2.45, 2.75) is 39.0 Å². The summed E-state index contributed by atoms with van der Waals surface area (Å²) in [5, 5.41) is 13.0. The maximum Gasteiger partial charge on any atom is 0.410 e. The number of para-hydroxylation sites is 1. The molecule has 6 heteroatoms. The van der Waals surface area contributed by atoms with Crippen LogP contribution in [0.3, 0.4) is 0 Å². The molecular formula is C17H26N2O4. The summed E-state index contributed by atoms with van der Waals surface area (Å²) in [6.07, 6.45) is -0.310. The Kier molecular flexibility index (Phi) is 5.85. The first kappa shape index (κ1) is 17.6. The minimum atomic E-state index is -0.511. The Bertz CT molecular complexity index is 528. The third kappa shape index (κ3) is 5.41. The molecule has 1 atom stereocenters. The fourth-order valence-corrected chi connectivity index (χ4v) is 2.42. The van der Waals surface area contributed by atoms with Gasteiger partial charge in [0.2, 0.25) is 0 Å². The number of carbonyl (C=O) groups is 1. The third-order valence-corrected chi connectivity index (χ3v) is 3.54. The summed E-state index contributed by atoms with van der Waals surface area (Å²) in [5.74, 6) is 0.267. The Morgan fingerprint density at radius 2 is 2.17 bits per heavy atom. The monoisotopic (exact) mass is 322 g/mol. The Balaban J connectivity index is 1.89. The van der Waals surface area contributed by atoms with Crippen LogP contribution < -0.4 is 5.32 Å². The lowest BCUT2D eigenvalue weighted by molar-refractivity contribution is -0.0317. The van der Waals surface area contributed by atoms with Crippen molar-refractivity contribution < 1.29 is 19.4 Å². The van der Waals surface area contributed by atoms with Crippen molar-refractivity contribution in [2.24, 2.45) is 0 Å². The zero-order chi connectivity index (χ0) is 16.9. The second-order valence-corrected chi connectivity index (χ2v) is 6.66.